The summed E-state index contributed by atoms with van der Waals surface area (Å²) in [6.07, 6.45) is 2.15. The van der Waals surface area contributed by atoms with Crippen LogP contribution in [0.2, 0.25) is 0 Å². The number of rotatable bonds is 6. The smallest absolute Gasteiger partial charge is 0.238 e. The first-order valence-electron chi connectivity index (χ1n) is 8.87. The Morgan fingerprint density at radius 2 is 2.00 bits per heavy atom. The fourth-order valence-electron chi connectivity index (χ4n) is 2.95. The van der Waals surface area contributed by atoms with E-state index in [1.807, 2.05) is 24.3 Å². The van der Waals surface area contributed by atoms with E-state index in [0.717, 1.165) is 24.5 Å². The van der Waals surface area contributed by atoms with Crippen molar-refractivity contribution >= 4 is 17.3 Å². The molecule has 1 aromatic carbocycles. The number of anilines is 2. The molecule has 0 unspecified atom stereocenters. The van der Waals surface area contributed by atoms with E-state index >= 15 is 0 Å². The monoisotopic (exact) mass is 368 g/mol. The van der Waals surface area contributed by atoms with Crippen LogP contribution in [0.4, 0.5) is 11.4 Å². The first-order valence-corrected chi connectivity index (χ1v) is 8.87. The van der Waals surface area contributed by atoms with Gasteiger partial charge in [0.1, 0.15) is 0 Å². The van der Waals surface area contributed by atoms with E-state index in [4.69, 9.17) is 13.7 Å². The fourth-order valence-corrected chi connectivity index (χ4v) is 2.95. The van der Waals surface area contributed by atoms with Crippen molar-refractivity contribution in [2.24, 2.45) is 0 Å². The molecule has 0 atom stereocenters. The number of nitrogens with one attached hydrogen (secondary N) is 1. The number of nitrogens with zero attached hydrogens (tertiary/aromatic N) is 3. The van der Waals surface area contributed by atoms with Crippen molar-refractivity contribution in [3.63, 3.8) is 0 Å². The summed E-state index contributed by atoms with van der Waals surface area (Å²) in [6, 6.07) is 11.3. The fraction of sp³-hybridized carbons (Fsp3) is 0.316. The van der Waals surface area contributed by atoms with Crippen LogP contribution in [0.3, 0.4) is 0 Å². The van der Waals surface area contributed by atoms with Crippen molar-refractivity contribution in [1.82, 2.24) is 10.1 Å². The Kier molecular flexibility index (Phi) is 5.15. The summed E-state index contributed by atoms with van der Waals surface area (Å²) in [5.41, 5.74) is 1.80. The molecule has 4 rings (SSSR count). The van der Waals surface area contributed by atoms with Crippen molar-refractivity contribution in [2.45, 2.75) is 12.8 Å². The molecule has 27 heavy (non-hydrogen) atoms. The Bertz CT molecular complexity index is 885. The Labute approximate surface area is 156 Å². The molecule has 3 heterocycles. The molecule has 1 saturated heterocycles. The number of aryl methyl sites for hydroxylation is 1. The van der Waals surface area contributed by atoms with E-state index in [9.17, 15) is 4.79 Å². The largest absolute Gasteiger partial charge is 0.461 e. The van der Waals surface area contributed by atoms with Gasteiger partial charge in [-0.2, -0.15) is 4.98 Å². The summed E-state index contributed by atoms with van der Waals surface area (Å²) < 4.78 is 15.8. The van der Waals surface area contributed by atoms with Gasteiger partial charge in [-0.1, -0.05) is 17.3 Å². The molecule has 1 N–H and O–H groups in total. The minimum atomic E-state index is -0.103. The number of carbonyl (C=O) groups excluding carboxylic acids is 1. The molecule has 0 saturated carbocycles. The Morgan fingerprint density at radius 3 is 2.81 bits per heavy atom. The predicted octanol–water partition coefficient (Wildman–Crippen LogP) is 2.74. The van der Waals surface area contributed by atoms with Gasteiger partial charge in [0.25, 0.3) is 0 Å². The maximum Gasteiger partial charge on any atom is 0.238 e. The quantitative estimate of drug-likeness (QED) is 0.715. The number of morpholine rings is 1. The molecule has 8 nitrogen and oxygen atoms in total. The van der Waals surface area contributed by atoms with Crippen LogP contribution >= 0.6 is 0 Å². The average Bonchev–Trinajstić information content (AvgIpc) is 3.39. The standard InChI is InChI=1S/C19H20N4O4/c24-17(7-8-18-21-19(22-27-18)16-6-3-11-26-16)20-14-4-1-2-5-15(14)23-9-12-25-13-10-23/h1-6,11H,7-10,12-13H2,(H,20,24). The van der Waals surface area contributed by atoms with Gasteiger partial charge in [-0.05, 0) is 24.3 Å². The Morgan fingerprint density at radius 1 is 1.15 bits per heavy atom. The van der Waals surface area contributed by atoms with Crippen molar-refractivity contribution in [3.05, 3.63) is 48.6 Å². The van der Waals surface area contributed by atoms with Crippen LogP contribution in [0.25, 0.3) is 11.6 Å². The number of amides is 1. The van der Waals surface area contributed by atoms with Crippen molar-refractivity contribution in [3.8, 4) is 11.6 Å². The lowest BCUT2D eigenvalue weighted by Crippen LogP contribution is -2.36. The zero-order valence-electron chi connectivity index (χ0n) is 14.8. The highest BCUT2D eigenvalue weighted by molar-refractivity contribution is 5.94. The Hall–Kier alpha value is -3.13. The minimum absolute atomic E-state index is 0.103. The van der Waals surface area contributed by atoms with Gasteiger partial charge in [0, 0.05) is 25.9 Å². The zero-order valence-corrected chi connectivity index (χ0v) is 14.8. The van der Waals surface area contributed by atoms with Gasteiger partial charge >= 0.3 is 0 Å². The molecule has 3 aromatic rings. The number of furan rings is 1. The summed E-state index contributed by atoms with van der Waals surface area (Å²) in [4.78, 5) is 18.9. The Balaban J connectivity index is 1.36. The maximum absolute atomic E-state index is 12.4. The van der Waals surface area contributed by atoms with Crippen LogP contribution in [-0.2, 0) is 16.0 Å². The molecular weight excluding hydrogens is 348 g/mol. The van der Waals surface area contributed by atoms with Gasteiger partial charge in [-0.3, -0.25) is 4.79 Å². The SMILES string of the molecule is O=C(CCc1nc(-c2ccco2)no1)Nc1ccccc1N1CCOCC1. The second-order valence-corrected chi connectivity index (χ2v) is 6.15. The molecule has 8 heteroatoms. The van der Waals surface area contributed by atoms with Crippen LogP contribution in [0.1, 0.15) is 12.3 Å². The van der Waals surface area contributed by atoms with Crippen LogP contribution in [0.15, 0.2) is 51.6 Å². The normalized spacial score (nSPS) is 14.3. The number of benzene rings is 1. The van der Waals surface area contributed by atoms with Crippen LogP contribution in [0, 0.1) is 0 Å². The number of ether oxygens (including phenoxy) is 1. The first kappa shape index (κ1) is 17.3. The third kappa shape index (κ3) is 4.17. The lowest BCUT2D eigenvalue weighted by molar-refractivity contribution is -0.116. The highest BCUT2D eigenvalue weighted by Crippen LogP contribution is 2.26. The van der Waals surface area contributed by atoms with Gasteiger partial charge in [-0.25, -0.2) is 0 Å². The van der Waals surface area contributed by atoms with Gasteiger partial charge in [0.2, 0.25) is 17.6 Å². The molecule has 1 amide bonds. The summed E-state index contributed by atoms with van der Waals surface area (Å²) >= 11 is 0. The third-order valence-electron chi connectivity index (χ3n) is 4.31. The van der Waals surface area contributed by atoms with E-state index in [0.29, 0.717) is 37.1 Å². The van der Waals surface area contributed by atoms with Gasteiger partial charge in [0.15, 0.2) is 5.76 Å². The number of para-hydroxylation sites is 2. The molecule has 0 radical (unpaired) electrons. The van der Waals surface area contributed by atoms with E-state index in [1.54, 1.807) is 18.4 Å². The van der Waals surface area contributed by atoms with Crippen molar-refractivity contribution in [2.75, 3.05) is 36.5 Å². The highest BCUT2D eigenvalue weighted by atomic mass is 16.5. The molecule has 1 fully saturated rings. The summed E-state index contributed by atoms with van der Waals surface area (Å²) in [5, 5.41) is 6.85. The molecular formula is C19H20N4O4. The van der Waals surface area contributed by atoms with Crippen LogP contribution < -0.4 is 10.2 Å². The lowest BCUT2D eigenvalue weighted by atomic mass is 10.2. The average molecular weight is 368 g/mol. The molecule has 1 aliphatic heterocycles. The zero-order chi connectivity index (χ0) is 18.5. The third-order valence-corrected chi connectivity index (χ3v) is 4.31. The topological polar surface area (TPSA) is 93.6 Å². The number of hydrogen-bond donors (Lipinski definition) is 1. The van der Waals surface area contributed by atoms with Gasteiger partial charge in [-0.15, -0.1) is 0 Å². The van der Waals surface area contributed by atoms with Crippen LogP contribution in [-0.4, -0.2) is 42.4 Å². The number of aromatic nitrogens is 2. The number of hydrogen-bond acceptors (Lipinski definition) is 7. The van der Waals surface area contributed by atoms with Gasteiger partial charge < -0.3 is 23.9 Å². The minimum Gasteiger partial charge on any atom is -0.461 e. The summed E-state index contributed by atoms with van der Waals surface area (Å²) in [6.45, 7) is 3.00. The predicted molar refractivity (Wildman–Crippen MR) is 98.4 cm³/mol. The van der Waals surface area contributed by atoms with E-state index in [2.05, 4.69) is 20.4 Å². The first-order chi connectivity index (χ1) is 13.3. The van der Waals surface area contributed by atoms with Crippen LogP contribution in [0.5, 0.6) is 0 Å². The maximum atomic E-state index is 12.4. The molecule has 0 aliphatic carbocycles. The summed E-state index contributed by atoms with van der Waals surface area (Å²) in [5.74, 6) is 1.22. The molecule has 0 bridgehead atoms. The second-order valence-electron chi connectivity index (χ2n) is 6.15. The molecule has 0 spiro atoms. The van der Waals surface area contributed by atoms with Crippen molar-refractivity contribution in [1.29, 1.82) is 0 Å². The lowest BCUT2D eigenvalue weighted by Gasteiger charge is -2.30. The number of carbonyl (C=O) groups is 1. The van der Waals surface area contributed by atoms with E-state index in [1.165, 1.54) is 0 Å². The van der Waals surface area contributed by atoms with Crippen molar-refractivity contribution < 1.29 is 18.5 Å². The molecule has 1 aliphatic rings. The molecule has 140 valence electrons. The van der Waals surface area contributed by atoms with Gasteiger partial charge in [0.05, 0.1) is 30.9 Å². The van der Waals surface area contributed by atoms with E-state index < -0.39 is 0 Å². The molecule has 2 aromatic heterocycles. The summed E-state index contributed by atoms with van der Waals surface area (Å²) in [7, 11) is 0. The second kappa shape index (κ2) is 8.05. The van der Waals surface area contributed by atoms with E-state index in [-0.39, 0.29) is 12.3 Å². The highest BCUT2D eigenvalue weighted by Gasteiger charge is 2.17.